The van der Waals surface area contributed by atoms with Gasteiger partial charge in [0.1, 0.15) is 31.7 Å². The molecule has 0 aliphatic carbocycles. The van der Waals surface area contributed by atoms with Gasteiger partial charge in [-0.25, -0.2) is 19.7 Å². The summed E-state index contributed by atoms with van der Waals surface area (Å²) in [5.41, 5.74) is -0.317. The number of halogens is 4. The molecule has 4 bridgehead atoms. The van der Waals surface area contributed by atoms with E-state index in [1.54, 1.807) is 0 Å². The van der Waals surface area contributed by atoms with Crippen LogP contribution in [0.25, 0.3) is 0 Å². The third kappa shape index (κ3) is 2.59. The Balaban J connectivity index is 1.62. The largest absolute Gasteiger partial charge is 0.416 e. The van der Waals surface area contributed by atoms with Crippen molar-refractivity contribution < 1.29 is 17.7 Å². The molecule has 1 aromatic heterocycles. The molecule has 5 nitrogen and oxygen atoms in total. The quantitative estimate of drug-likeness (QED) is 0.607. The number of quaternary nitrogens is 1. The average molecular weight is 335 g/mol. The van der Waals surface area contributed by atoms with Gasteiger partial charge in [-0.05, 0) is 12.1 Å². The minimum absolute atomic E-state index is 0.0975. The van der Waals surface area contributed by atoms with Crippen LogP contribution < -0.4 is 0 Å². The molecule has 0 saturated carbocycles. The molecule has 0 amide bonds. The Labute approximate surface area is 131 Å². The lowest BCUT2D eigenvalue weighted by atomic mass is 10.2. The predicted molar refractivity (Wildman–Crippen MR) is 72.9 cm³/mol. The van der Waals surface area contributed by atoms with Crippen LogP contribution in [0.1, 0.15) is 11.3 Å². The number of alkyl halides is 3. The molecule has 4 saturated heterocycles. The normalized spacial score (nSPS) is 36.8. The lowest BCUT2D eigenvalue weighted by Gasteiger charge is -2.60. The summed E-state index contributed by atoms with van der Waals surface area (Å²) in [5, 5.41) is -0.0975. The first-order valence-corrected chi connectivity index (χ1v) is 7.45. The number of pyridine rings is 1. The van der Waals surface area contributed by atoms with Crippen molar-refractivity contribution >= 4 is 11.6 Å². The zero-order valence-corrected chi connectivity index (χ0v) is 12.6. The summed E-state index contributed by atoms with van der Waals surface area (Å²) in [5.74, 6) is 0. The van der Waals surface area contributed by atoms with E-state index in [4.69, 9.17) is 11.6 Å². The van der Waals surface area contributed by atoms with Crippen LogP contribution in [0.3, 0.4) is 0 Å². The Kier molecular flexibility index (Phi) is 3.18. The highest BCUT2D eigenvalue weighted by atomic mass is 35.5. The highest BCUT2D eigenvalue weighted by Crippen LogP contribution is 2.34. The molecule has 1 aromatic rings. The molecule has 0 aromatic carbocycles. The van der Waals surface area contributed by atoms with Crippen molar-refractivity contribution in [3.8, 4) is 0 Å². The smallest absolute Gasteiger partial charge is 0.281 e. The highest BCUT2D eigenvalue weighted by Gasteiger charge is 2.48. The van der Waals surface area contributed by atoms with Gasteiger partial charge in [0.25, 0.3) is 0 Å². The zero-order valence-electron chi connectivity index (χ0n) is 11.9. The Morgan fingerprint density at radius 2 is 1.59 bits per heavy atom. The maximum Gasteiger partial charge on any atom is 0.416 e. The van der Waals surface area contributed by atoms with Crippen LogP contribution in [0, 0.1) is 0 Å². The van der Waals surface area contributed by atoms with Crippen LogP contribution in [0.15, 0.2) is 12.1 Å². The van der Waals surface area contributed by atoms with Gasteiger partial charge >= 0.3 is 6.18 Å². The molecule has 9 heteroatoms. The fraction of sp³-hybridized carbons (Fsp3) is 0.615. The minimum Gasteiger partial charge on any atom is -0.281 e. The van der Waals surface area contributed by atoms with Gasteiger partial charge in [0.2, 0.25) is 0 Å². The second kappa shape index (κ2) is 4.78. The van der Waals surface area contributed by atoms with Gasteiger partial charge in [-0.1, -0.05) is 11.6 Å². The van der Waals surface area contributed by atoms with Gasteiger partial charge in [0, 0.05) is 0 Å². The summed E-state index contributed by atoms with van der Waals surface area (Å²) in [7, 11) is 0. The van der Waals surface area contributed by atoms with Crippen molar-refractivity contribution in [1.82, 2.24) is 19.7 Å². The van der Waals surface area contributed by atoms with E-state index in [2.05, 4.69) is 19.7 Å². The first kappa shape index (κ1) is 14.6. The van der Waals surface area contributed by atoms with Crippen molar-refractivity contribution in [2.45, 2.75) is 12.7 Å². The van der Waals surface area contributed by atoms with E-state index >= 15 is 0 Å². The topological polar surface area (TPSA) is 22.6 Å². The SMILES string of the molecule is FC(F)(F)c1cc(Cl)nc(C[N+]23CN4CN(CN(C4)C2)C3)c1. The van der Waals surface area contributed by atoms with Crippen LogP contribution in [-0.2, 0) is 12.7 Å². The Bertz CT molecular complexity index is 571. The van der Waals surface area contributed by atoms with E-state index in [1.807, 2.05) is 0 Å². The van der Waals surface area contributed by atoms with E-state index in [0.717, 1.165) is 52.1 Å². The van der Waals surface area contributed by atoms with Gasteiger partial charge in [0.15, 0.2) is 0 Å². The second-order valence-corrected chi connectivity index (χ2v) is 6.92. The summed E-state index contributed by atoms with van der Waals surface area (Å²) in [4.78, 5) is 11.1. The average Bonchev–Trinajstić information content (AvgIpc) is 2.34. The fourth-order valence-electron chi connectivity index (χ4n) is 3.95. The summed E-state index contributed by atoms with van der Waals surface area (Å²) in [6.07, 6.45) is -4.40. The van der Waals surface area contributed by atoms with E-state index in [-0.39, 0.29) is 5.15 Å². The monoisotopic (exact) mass is 334 g/mol. The molecule has 5 rings (SSSR count). The Hall–Kier alpha value is -0.930. The van der Waals surface area contributed by atoms with Gasteiger partial charge in [0.05, 0.1) is 31.3 Å². The molecule has 4 fully saturated rings. The highest BCUT2D eigenvalue weighted by molar-refractivity contribution is 6.29. The van der Waals surface area contributed by atoms with Gasteiger partial charge < -0.3 is 0 Å². The molecule has 0 atom stereocenters. The minimum atomic E-state index is -4.40. The number of nitrogens with zero attached hydrogens (tertiary/aromatic N) is 5. The van der Waals surface area contributed by atoms with Crippen molar-refractivity contribution in [1.29, 1.82) is 0 Å². The first-order valence-electron chi connectivity index (χ1n) is 7.07. The molecule has 4 aliphatic rings. The molecule has 120 valence electrons. The first-order chi connectivity index (χ1) is 10.3. The summed E-state index contributed by atoms with van der Waals surface area (Å²) in [6, 6.07) is 2.01. The molecular formula is C13H16ClF3N5+. The number of hydrogen-bond acceptors (Lipinski definition) is 4. The number of hydrogen-bond donors (Lipinski definition) is 0. The third-order valence-electron chi connectivity index (χ3n) is 4.37. The molecule has 0 radical (unpaired) electrons. The van der Waals surface area contributed by atoms with E-state index in [0.29, 0.717) is 16.7 Å². The molecule has 4 aliphatic heterocycles. The van der Waals surface area contributed by atoms with Crippen molar-refractivity contribution in [2.24, 2.45) is 0 Å². The lowest BCUT2D eigenvalue weighted by Crippen LogP contribution is -2.78. The third-order valence-corrected chi connectivity index (χ3v) is 4.57. The van der Waals surface area contributed by atoms with Gasteiger partial charge in [-0.15, -0.1) is 0 Å². The lowest BCUT2D eigenvalue weighted by molar-refractivity contribution is -0.991. The zero-order chi connectivity index (χ0) is 15.5. The van der Waals surface area contributed by atoms with Crippen LogP contribution in [0.5, 0.6) is 0 Å². The molecule has 22 heavy (non-hydrogen) atoms. The Morgan fingerprint density at radius 3 is 2.09 bits per heavy atom. The summed E-state index contributed by atoms with van der Waals surface area (Å²) >= 11 is 5.79. The van der Waals surface area contributed by atoms with Gasteiger partial charge in [-0.3, -0.25) is 4.48 Å². The molecule has 0 N–H and O–H groups in total. The molecule has 0 spiro atoms. The Morgan fingerprint density at radius 1 is 1.05 bits per heavy atom. The van der Waals surface area contributed by atoms with Crippen LogP contribution in [0.2, 0.25) is 5.15 Å². The van der Waals surface area contributed by atoms with E-state index < -0.39 is 11.7 Å². The molecular weight excluding hydrogens is 319 g/mol. The second-order valence-electron chi connectivity index (χ2n) is 6.53. The van der Waals surface area contributed by atoms with Crippen molar-refractivity contribution in [3.05, 3.63) is 28.5 Å². The van der Waals surface area contributed by atoms with E-state index in [1.165, 1.54) is 0 Å². The van der Waals surface area contributed by atoms with E-state index in [9.17, 15) is 13.2 Å². The van der Waals surface area contributed by atoms with Crippen LogP contribution in [-0.4, -0.2) is 64.2 Å². The molecule has 0 unspecified atom stereocenters. The predicted octanol–water partition coefficient (Wildman–Crippen LogP) is 1.76. The number of rotatable bonds is 2. The van der Waals surface area contributed by atoms with Crippen LogP contribution >= 0.6 is 11.6 Å². The maximum atomic E-state index is 12.9. The van der Waals surface area contributed by atoms with Gasteiger partial charge in [-0.2, -0.15) is 13.2 Å². The maximum absolute atomic E-state index is 12.9. The molecule has 5 heterocycles. The standard InChI is InChI=1S/C13H16ClF3N5/c14-12-2-10(13(15,16)17)1-11(18-12)3-22-7-19-4-20(8-22)6-21(5-19)9-22/h1-2H,3-9H2/q+1. The van der Waals surface area contributed by atoms with Crippen molar-refractivity contribution in [2.75, 3.05) is 40.0 Å². The van der Waals surface area contributed by atoms with Crippen molar-refractivity contribution in [3.63, 3.8) is 0 Å². The fourth-order valence-corrected chi connectivity index (χ4v) is 4.17. The summed E-state index contributed by atoms with van der Waals surface area (Å²) < 4.78 is 39.5. The van der Waals surface area contributed by atoms with Crippen LogP contribution in [0.4, 0.5) is 13.2 Å². The summed E-state index contributed by atoms with van der Waals surface area (Å²) in [6.45, 7) is 5.83. The number of aromatic nitrogens is 1.